The number of hydrogen-bond acceptors (Lipinski definition) is 3. The normalized spacial score (nSPS) is 12.1. The predicted molar refractivity (Wildman–Crippen MR) is 103 cm³/mol. The van der Waals surface area contributed by atoms with E-state index in [1.54, 1.807) is 6.92 Å². The second kappa shape index (κ2) is 22.2. The Hall–Kier alpha value is 0.170. The molecule has 0 bridgehead atoms. The Kier molecular flexibility index (Phi) is 24.3. The Labute approximate surface area is 179 Å². The van der Waals surface area contributed by atoms with Gasteiger partial charge in [-0.2, -0.15) is 0 Å². The van der Waals surface area contributed by atoms with Gasteiger partial charge in [-0.15, -0.1) is 0 Å². The van der Waals surface area contributed by atoms with Gasteiger partial charge >= 0.3 is 35.5 Å². The van der Waals surface area contributed by atoms with Gasteiger partial charge in [-0.25, -0.2) is 0 Å². The Morgan fingerprint density at radius 3 is 1.92 bits per heavy atom. The maximum atomic E-state index is 11.3. The van der Waals surface area contributed by atoms with Crippen LogP contribution in [0.15, 0.2) is 12.2 Å². The second-order valence-electron chi connectivity index (χ2n) is 6.87. The number of unbranched alkanes of at least 4 members (excludes halogenated alkanes) is 11. The number of aliphatic hydroxyl groups is 1. The van der Waals surface area contributed by atoms with Crippen molar-refractivity contribution in [2.75, 3.05) is 6.61 Å². The Balaban J connectivity index is -0.00000264. The molecule has 0 spiro atoms. The van der Waals surface area contributed by atoms with Crippen molar-refractivity contribution in [3.63, 3.8) is 0 Å². The van der Waals surface area contributed by atoms with Gasteiger partial charge in [0.05, 0.1) is 6.10 Å². The molecule has 0 radical (unpaired) electrons. The van der Waals surface area contributed by atoms with E-state index in [0.29, 0.717) is 6.42 Å². The van der Waals surface area contributed by atoms with Gasteiger partial charge in [0.2, 0.25) is 0 Å². The fraction of sp³-hybridized carbons (Fsp3) is 0.857. The maximum absolute atomic E-state index is 11.3. The SMILES string of the molecule is CCCCCCCC/C=C\CCCCCCCC(=O)OCC(C)O.[H-].[Na+]. The average molecular weight is 365 g/mol. The zero-order valence-electron chi connectivity index (χ0n) is 18.1. The molecular formula is C21H41NaO3. The van der Waals surface area contributed by atoms with Gasteiger partial charge in [-0.3, -0.25) is 4.79 Å². The van der Waals surface area contributed by atoms with Crippen molar-refractivity contribution in [3.8, 4) is 0 Å². The van der Waals surface area contributed by atoms with E-state index in [2.05, 4.69) is 19.1 Å². The third kappa shape index (κ3) is 24.2. The van der Waals surface area contributed by atoms with Gasteiger partial charge in [0.1, 0.15) is 6.61 Å². The molecule has 0 aromatic heterocycles. The number of hydrogen-bond donors (Lipinski definition) is 1. The molecule has 0 saturated heterocycles. The molecule has 1 atom stereocenters. The van der Waals surface area contributed by atoms with Crippen molar-refractivity contribution in [2.24, 2.45) is 0 Å². The van der Waals surface area contributed by atoms with E-state index in [4.69, 9.17) is 9.84 Å². The fourth-order valence-electron chi connectivity index (χ4n) is 2.63. The van der Waals surface area contributed by atoms with E-state index in [0.717, 1.165) is 12.8 Å². The first-order valence-electron chi connectivity index (χ1n) is 10.2. The summed E-state index contributed by atoms with van der Waals surface area (Å²) in [5, 5.41) is 9.02. The summed E-state index contributed by atoms with van der Waals surface area (Å²) in [5.41, 5.74) is 0. The molecule has 0 amide bonds. The number of esters is 1. The Morgan fingerprint density at radius 1 is 0.920 bits per heavy atom. The first-order valence-corrected chi connectivity index (χ1v) is 10.2. The van der Waals surface area contributed by atoms with Gasteiger partial charge in [-0.05, 0) is 39.0 Å². The summed E-state index contributed by atoms with van der Waals surface area (Å²) < 4.78 is 4.92. The minimum Gasteiger partial charge on any atom is -1.00 e. The molecule has 1 N–H and O–H groups in total. The van der Waals surface area contributed by atoms with Crippen LogP contribution in [0, 0.1) is 0 Å². The van der Waals surface area contributed by atoms with Crippen LogP contribution in [-0.4, -0.2) is 23.8 Å². The molecule has 0 aliphatic carbocycles. The van der Waals surface area contributed by atoms with Crippen LogP contribution in [0.3, 0.4) is 0 Å². The number of aliphatic hydroxyl groups excluding tert-OH is 1. The van der Waals surface area contributed by atoms with E-state index in [1.807, 2.05) is 0 Å². The van der Waals surface area contributed by atoms with E-state index in [9.17, 15) is 4.79 Å². The predicted octanol–water partition coefficient (Wildman–Crippen LogP) is 3.06. The summed E-state index contributed by atoms with van der Waals surface area (Å²) in [7, 11) is 0. The first kappa shape index (κ1) is 27.4. The number of rotatable bonds is 17. The van der Waals surface area contributed by atoms with Crippen LogP contribution >= 0.6 is 0 Å². The molecule has 25 heavy (non-hydrogen) atoms. The molecule has 0 saturated carbocycles. The van der Waals surface area contributed by atoms with E-state index < -0.39 is 6.10 Å². The molecule has 144 valence electrons. The molecule has 3 nitrogen and oxygen atoms in total. The summed E-state index contributed by atoms with van der Waals surface area (Å²) in [4.78, 5) is 11.3. The van der Waals surface area contributed by atoms with Crippen molar-refractivity contribution >= 4 is 5.97 Å². The number of ether oxygens (including phenoxy) is 1. The van der Waals surface area contributed by atoms with Crippen LogP contribution in [0.25, 0.3) is 0 Å². The van der Waals surface area contributed by atoms with Gasteiger partial charge in [0.25, 0.3) is 0 Å². The molecule has 0 aromatic rings. The zero-order chi connectivity index (χ0) is 17.9. The van der Waals surface area contributed by atoms with Gasteiger partial charge in [-0.1, -0.05) is 70.4 Å². The van der Waals surface area contributed by atoms with Crippen LogP contribution in [0.5, 0.6) is 0 Å². The molecule has 0 aromatic carbocycles. The van der Waals surface area contributed by atoms with E-state index >= 15 is 0 Å². The van der Waals surface area contributed by atoms with Crippen molar-refractivity contribution in [3.05, 3.63) is 12.2 Å². The maximum Gasteiger partial charge on any atom is 1.00 e. The Morgan fingerprint density at radius 2 is 1.40 bits per heavy atom. The summed E-state index contributed by atoms with van der Waals surface area (Å²) in [5.74, 6) is -0.187. The van der Waals surface area contributed by atoms with E-state index in [1.165, 1.54) is 70.6 Å². The second-order valence-corrected chi connectivity index (χ2v) is 6.87. The fourth-order valence-corrected chi connectivity index (χ4v) is 2.63. The minimum absolute atomic E-state index is 0. The van der Waals surface area contributed by atoms with Crippen LogP contribution < -0.4 is 29.6 Å². The van der Waals surface area contributed by atoms with Crippen molar-refractivity contribution < 1.29 is 45.6 Å². The molecule has 0 fully saturated rings. The van der Waals surface area contributed by atoms with Gasteiger partial charge in [0, 0.05) is 6.42 Å². The van der Waals surface area contributed by atoms with Crippen molar-refractivity contribution in [1.29, 1.82) is 0 Å². The molecule has 0 rings (SSSR count). The Bertz CT molecular complexity index is 310. The standard InChI is InChI=1S/C21H40O3.Na.H/c1-3-4-5-6-7-8-9-10-11-12-13-14-15-16-17-18-21(23)24-19-20(2)22;;/h10-11,20,22H,3-9,12-19H2,1-2H3;;/q;+1;-1/b11-10-;;. The number of carbonyl (C=O) groups is 1. The summed E-state index contributed by atoms with van der Waals surface area (Å²) >= 11 is 0. The van der Waals surface area contributed by atoms with Gasteiger partial charge < -0.3 is 11.3 Å². The quantitative estimate of drug-likeness (QED) is 0.187. The van der Waals surface area contributed by atoms with Gasteiger partial charge in [0.15, 0.2) is 0 Å². The molecule has 4 heteroatoms. The zero-order valence-corrected chi connectivity index (χ0v) is 19.1. The first-order chi connectivity index (χ1) is 11.7. The number of allylic oxidation sites excluding steroid dienone is 2. The minimum atomic E-state index is -0.567. The molecular weight excluding hydrogens is 323 g/mol. The number of carbonyl (C=O) groups excluding carboxylic acids is 1. The van der Waals surface area contributed by atoms with Crippen molar-refractivity contribution in [1.82, 2.24) is 0 Å². The third-order valence-electron chi connectivity index (χ3n) is 4.13. The summed E-state index contributed by atoms with van der Waals surface area (Å²) in [6.07, 6.45) is 20.9. The summed E-state index contributed by atoms with van der Waals surface area (Å²) in [6, 6.07) is 0. The van der Waals surface area contributed by atoms with Crippen LogP contribution in [0.4, 0.5) is 0 Å². The van der Waals surface area contributed by atoms with Crippen molar-refractivity contribution in [2.45, 2.75) is 110 Å². The molecule has 0 aliphatic heterocycles. The largest absolute Gasteiger partial charge is 1.00 e. The monoisotopic (exact) mass is 364 g/mol. The topological polar surface area (TPSA) is 46.5 Å². The van der Waals surface area contributed by atoms with Crippen LogP contribution in [-0.2, 0) is 9.53 Å². The van der Waals surface area contributed by atoms with Crippen LogP contribution in [0.1, 0.15) is 105 Å². The smallest absolute Gasteiger partial charge is 1.00 e. The third-order valence-corrected chi connectivity index (χ3v) is 4.13. The molecule has 1 unspecified atom stereocenters. The molecule has 0 heterocycles. The average Bonchev–Trinajstić information content (AvgIpc) is 2.56. The van der Waals surface area contributed by atoms with E-state index in [-0.39, 0.29) is 43.6 Å². The molecule has 0 aliphatic rings. The van der Waals surface area contributed by atoms with Crippen LogP contribution in [0.2, 0.25) is 0 Å². The summed E-state index contributed by atoms with van der Waals surface area (Å²) in [6.45, 7) is 4.00.